The maximum atomic E-state index is 11.9. The smallest absolute Gasteiger partial charge is 0.244 e. The summed E-state index contributed by atoms with van der Waals surface area (Å²) in [5.41, 5.74) is 2.08. The van der Waals surface area contributed by atoms with Crippen LogP contribution in [0.5, 0.6) is 0 Å². The van der Waals surface area contributed by atoms with E-state index >= 15 is 0 Å². The standard InChI is InChI=1S/C17H16BrNO/c1-13(15-7-3-2-4-8-15)19-17(20)11-10-14-6-5-9-16(18)12-14/h2-13H,1H3,(H,19,20). The molecule has 1 unspecified atom stereocenters. The van der Waals surface area contributed by atoms with Crippen LogP contribution in [0.1, 0.15) is 24.1 Å². The summed E-state index contributed by atoms with van der Waals surface area (Å²) >= 11 is 3.41. The van der Waals surface area contributed by atoms with E-state index in [4.69, 9.17) is 0 Å². The summed E-state index contributed by atoms with van der Waals surface area (Å²) in [7, 11) is 0. The van der Waals surface area contributed by atoms with Gasteiger partial charge in [0.15, 0.2) is 0 Å². The average molecular weight is 330 g/mol. The van der Waals surface area contributed by atoms with Crippen LogP contribution in [-0.4, -0.2) is 5.91 Å². The van der Waals surface area contributed by atoms with Crippen LogP contribution in [0, 0.1) is 0 Å². The van der Waals surface area contributed by atoms with Crippen molar-refractivity contribution in [2.24, 2.45) is 0 Å². The molecular formula is C17H16BrNO. The van der Waals surface area contributed by atoms with Crippen molar-refractivity contribution in [3.63, 3.8) is 0 Å². The van der Waals surface area contributed by atoms with Crippen molar-refractivity contribution in [2.75, 3.05) is 0 Å². The monoisotopic (exact) mass is 329 g/mol. The molecule has 0 aliphatic heterocycles. The zero-order valence-electron chi connectivity index (χ0n) is 11.2. The van der Waals surface area contributed by atoms with Crippen LogP contribution in [0.3, 0.4) is 0 Å². The van der Waals surface area contributed by atoms with E-state index in [9.17, 15) is 4.79 Å². The minimum Gasteiger partial charge on any atom is -0.346 e. The fraction of sp³-hybridized carbons (Fsp3) is 0.118. The second-order valence-corrected chi connectivity index (χ2v) is 5.44. The molecule has 1 amide bonds. The third kappa shape index (κ3) is 4.35. The van der Waals surface area contributed by atoms with E-state index in [0.717, 1.165) is 15.6 Å². The van der Waals surface area contributed by atoms with Crippen LogP contribution >= 0.6 is 15.9 Å². The first-order valence-corrected chi connectivity index (χ1v) is 7.23. The van der Waals surface area contributed by atoms with Gasteiger partial charge in [-0.3, -0.25) is 4.79 Å². The third-order valence-corrected chi connectivity index (χ3v) is 3.43. The number of hydrogen-bond donors (Lipinski definition) is 1. The lowest BCUT2D eigenvalue weighted by Gasteiger charge is -2.12. The Morgan fingerprint density at radius 2 is 1.90 bits per heavy atom. The van der Waals surface area contributed by atoms with Crippen LogP contribution < -0.4 is 5.32 Å². The lowest BCUT2D eigenvalue weighted by Crippen LogP contribution is -2.24. The number of carbonyl (C=O) groups is 1. The van der Waals surface area contributed by atoms with Crippen LogP contribution in [0.2, 0.25) is 0 Å². The molecule has 3 heteroatoms. The average Bonchev–Trinajstić information content (AvgIpc) is 2.46. The van der Waals surface area contributed by atoms with Gasteiger partial charge in [0.05, 0.1) is 6.04 Å². The van der Waals surface area contributed by atoms with Crippen molar-refractivity contribution in [2.45, 2.75) is 13.0 Å². The highest BCUT2D eigenvalue weighted by atomic mass is 79.9. The van der Waals surface area contributed by atoms with Crippen LogP contribution in [0.15, 0.2) is 65.1 Å². The molecule has 0 saturated carbocycles. The third-order valence-electron chi connectivity index (χ3n) is 2.93. The highest BCUT2D eigenvalue weighted by molar-refractivity contribution is 9.10. The zero-order valence-corrected chi connectivity index (χ0v) is 12.8. The first-order valence-electron chi connectivity index (χ1n) is 6.44. The quantitative estimate of drug-likeness (QED) is 0.830. The summed E-state index contributed by atoms with van der Waals surface area (Å²) in [5, 5.41) is 2.94. The van der Waals surface area contributed by atoms with E-state index in [2.05, 4.69) is 21.2 Å². The fourth-order valence-electron chi connectivity index (χ4n) is 1.87. The van der Waals surface area contributed by atoms with Crippen LogP contribution in [0.4, 0.5) is 0 Å². The van der Waals surface area contributed by atoms with E-state index in [1.54, 1.807) is 12.2 Å². The predicted octanol–water partition coefficient (Wildman–Crippen LogP) is 4.34. The number of benzene rings is 2. The normalized spacial score (nSPS) is 12.3. The van der Waals surface area contributed by atoms with Gasteiger partial charge < -0.3 is 5.32 Å². The van der Waals surface area contributed by atoms with Crippen LogP contribution in [-0.2, 0) is 4.79 Å². The molecule has 0 aliphatic carbocycles. The lowest BCUT2D eigenvalue weighted by molar-refractivity contribution is -0.117. The van der Waals surface area contributed by atoms with E-state index in [0.29, 0.717) is 0 Å². The molecule has 1 N–H and O–H groups in total. The number of carbonyl (C=O) groups excluding carboxylic acids is 1. The van der Waals surface area contributed by atoms with Gasteiger partial charge in [0.2, 0.25) is 5.91 Å². The number of rotatable bonds is 4. The molecule has 0 aromatic heterocycles. The molecule has 0 saturated heterocycles. The number of hydrogen-bond acceptors (Lipinski definition) is 1. The molecule has 0 radical (unpaired) electrons. The number of halogens is 1. The molecule has 0 bridgehead atoms. The molecule has 0 heterocycles. The second-order valence-electron chi connectivity index (χ2n) is 4.53. The largest absolute Gasteiger partial charge is 0.346 e. The van der Waals surface area contributed by atoms with E-state index in [1.807, 2.05) is 61.5 Å². The van der Waals surface area contributed by atoms with Gasteiger partial charge in [-0.25, -0.2) is 0 Å². The van der Waals surface area contributed by atoms with Gasteiger partial charge in [0, 0.05) is 10.5 Å². The van der Waals surface area contributed by atoms with Gasteiger partial charge in [-0.1, -0.05) is 58.4 Å². The summed E-state index contributed by atoms with van der Waals surface area (Å²) in [6, 6.07) is 17.7. The van der Waals surface area contributed by atoms with Crippen molar-refractivity contribution in [3.05, 3.63) is 76.3 Å². The Morgan fingerprint density at radius 1 is 1.15 bits per heavy atom. The van der Waals surface area contributed by atoms with Gasteiger partial charge in [0.1, 0.15) is 0 Å². The second kappa shape index (κ2) is 7.06. The molecule has 2 rings (SSSR count). The first kappa shape index (κ1) is 14.5. The number of nitrogens with one attached hydrogen (secondary N) is 1. The summed E-state index contributed by atoms with van der Waals surface area (Å²) < 4.78 is 0.998. The zero-order chi connectivity index (χ0) is 14.4. The maximum absolute atomic E-state index is 11.9. The van der Waals surface area contributed by atoms with Gasteiger partial charge in [0.25, 0.3) is 0 Å². The molecule has 0 fully saturated rings. The lowest BCUT2D eigenvalue weighted by atomic mass is 10.1. The Kier molecular flexibility index (Phi) is 5.13. The van der Waals surface area contributed by atoms with Crippen molar-refractivity contribution < 1.29 is 4.79 Å². The Labute approximate surface area is 127 Å². The summed E-state index contributed by atoms with van der Waals surface area (Å²) in [4.78, 5) is 11.9. The molecule has 1 atom stereocenters. The van der Waals surface area contributed by atoms with Crippen LogP contribution in [0.25, 0.3) is 6.08 Å². The van der Waals surface area contributed by atoms with Gasteiger partial charge >= 0.3 is 0 Å². The molecule has 2 aromatic rings. The van der Waals surface area contributed by atoms with E-state index < -0.39 is 0 Å². The molecular weight excluding hydrogens is 314 g/mol. The highest BCUT2D eigenvalue weighted by Gasteiger charge is 2.06. The Balaban J connectivity index is 1.96. The summed E-state index contributed by atoms with van der Waals surface area (Å²) in [6.07, 6.45) is 3.36. The summed E-state index contributed by atoms with van der Waals surface area (Å²) in [5.74, 6) is -0.0960. The minimum atomic E-state index is -0.0960. The van der Waals surface area contributed by atoms with Gasteiger partial charge in [-0.15, -0.1) is 0 Å². The van der Waals surface area contributed by atoms with Gasteiger partial charge in [-0.05, 0) is 36.3 Å². The molecule has 0 aliphatic rings. The Morgan fingerprint density at radius 3 is 2.60 bits per heavy atom. The van der Waals surface area contributed by atoms with E-state index in [-0.39, 0.29) is 11.9 Å². The molecule has 20 heavy (non-hydrogen) atoms. The molecule has 0 spiro atoms. The fourth-order valence-corrected chi connectivity index (χ4v) is 2.29. The van der Waals surface area contributed by atoms with Crippen molar-refractivity contribution >= 4 is 27.9 Å². The first-order chi connectivity index (χ1) is 9.65. The molecule has 102 valence electrons. The molecule has 2 nitrogen and oxygen atoms in total. The minimum absolute atomic E-state index is 0.00383. The Hall–Kier alpha value is -1.87. The SMILES string of the molecule is CC(NC(=O)C=Cc1cccc(Br)c1)c1ccccc1. The van der Waals surface area contributed by atoms with E-state index in [1.165, 1.54) is 0 Å². The Bertz CT molecular complexity index is 607. The van der Waals surface area contributed by atoms with Crippen molar-refractivity contribution in [1.29, 1.82) is 0 Å². The topological polar surface area (TPSA) is 29.1 Å². The highest BCUT2D eigenvalue weighted by Crippen LogP contribution is 2.13. The van der Waals surface area contributed by atoms with Crippen molar-refractivity contribution in [3.8, 4) is 0 Å². The maximum Gasteiger partial charge on any atom is 0.244 e. The summed E-state index contributed by atoms with van der Waals surface area (Å²) in [6.45, 7) is 1.97. The van der Waals surface area contributed by atoms with Gasteiger partial charge in [-0.2, -0.15) is 0 Å². The predicted molar refractivity (Wildman–Crippen MR) is 86.2 cm³/mol. The van der Waals surface area contributed by atoms with Crippen molar-refractivity contribution in [1.82, 2.24) is 5.32 Å². The molecule has 2 aromatic carbocycles. The number of amides is 1.